The van der Waals surface area contributed by atoms with Crippen LogP contribution >= 0.6 is 7.92 Å². The maximum Gasteiger partial charge on any atom is 0.111 e. The van der Waals surface area contributed by atoms with Crippen molar-refractivity contribution in [2.24, 2.45) is 0 Å². The van der Waals surface area contributed by atoms with E-state index < -0.39 is 0 Å². The molecular formula is C7H15O3P. The number of ether oxygens (including phenoxy) is 1. The largest absolute Gasteiger partial charge is 0.370 e. The van der Waals surface area contributed by atoms with Crippen LogP contribution in [0.5, 0.6) is 0 Å². The second-order valence-corrected chi connectivity index (χ2v) is 5.47. The van der Waals surface area contributed by atoms with Crippen LogP contribution in [-0.2, 0) is 14.5 Å². The molecule has 1 fully saturated rings. The Morgan fingerprint density at radius 2 is 2.18 bits per heavy atom. The maximum atomic E-state index is 4.94. The normalized spacial score (nSPS) is 22.6. The van der Waals surface area contributed by atoms with Crippen LogP contribution in [-0.4, -0.2) is 45.4 Å². The Hall–Kier alpha value is 0.310. The average Bonchev–Trinajstić information content (AvgIpc) is 2.70. The van der Waals surface area contributed by atoms with Gasteiger partial charge in [0.2, 0.25) is 0 Å². The van der Waals surface area contributed by atoms with E-state index in [2.05, 4.69) is 13.3 Å². The number of hydrogen-bond donors (Lipinski definition) is 0. The van der Waals surface area contributed by atoms with E-state index in [0.29, 0.717) is 19.3 Å². The predicted octanol–water partition coefficient (Wildman–Crippen LogP) is 1.07. The third kappa shape index (κ3) is 5.57. The molecule has 0 aliphatic carbocycles. The van der Waals surface area contributed by atoms with E-state index in [-0.39, 0.29) is 7.92 Å². The molecule has 0 aromatic heterocycles. The van der Waals surface area contributed by atoms with Gasteiger partial charge in [-0.15, -0.1) is 7.92 Å². The first-order valence-electron chi connectivity index (χ1n) is 3.80. The van der Waals surface area contributed by atoms with Crippen LogP contribution in [0.25, 0.3) is 0 Å². The summed E-state index contributed by atoms with van der Waals surface area (Å²) in [5.41, 5.74) is 0. The zero-order valence-corrected chi connectivity index (χ0v) is 7.97. The van der Waals surface area contributed by atoms with Gasteiger partial charge >= 0.3 is 0 Å². The molecule has 1 atom stereocenters. The van der Waals surface area contributed by atoms with E-state index in [1.165, 1.54) is 0 Å². The third-order valence-corrected chi connectivity index (χ3v) is 2.44. The Labute approximate surface area is 68.7 Å². The molecule has 3 nitrogen and oxygen atoms in total. The monoisotopic (exact) mass is 178 g/mol. The molecule has 0 aromatic carbocycles. The highest BCUT2D eigenvalue weighted by molar-refractivity contribution is 7.55. The Morgan fingerprint density at radius 3 is 2.73 bits per heavy atom. The maximum absolute atomic E-state index is 4.94. The van der Waals surface area contributed by atoms with Crippen LogP contribution in [0, 0.1) is 0 Å². The molecule has 0 spiro atoms. The Bertz CT molecular complexity index is 99.9. The molecule has 1 saturated heterocycles. The molecule has 0 saturated carbocycles. The average molecular weight is 178 g/mol. The third-order valence-electron chi connectivity index (χ3n) is 1.36. The van der Waals surface area contributed by atoms with Crippen molar-refractivity contribution in [1.82, 2.24) is 0 Å². The van der Waals surface area contributed by atoms with Crippen molar-refractivity contribution in [2.75, 3.05) is 39.3 Å². The molecule has 11 heavy (non-hydrogen) atoms. The topological polar surface area (TPSA) is 31.0 Å². The Balaban J connectivity index is 1.73. The summed E-state index contributed by atoms with van der Waals surface area (Å²) in [4.78, 5) is 9.82. The van der Waals surface area contributed by atoms with Gasteiger partial charge in [0.15, 0.2) is 0 Å². The highest BCUT2D eigenvalue weighted by Gasteiger charge is 2.22. The SMILES string of the molecule is CP(C)CCOOCC1CO1. The van der Waals surface area contributed by atoms with Gasteiger partial charge in [-0.3, -0.25) is 0 Å². The van der Waals surface area contributed by atoms with Crippen LogP contribution in [0.1, 0.15) is 0 Å². The van der Waals surface area contributed by atoms with Crippen LogP contribution < -0.4 is 0 Å². The zero-order valence-electron chi connectivity index (χ0n) is 7.08. The molecule has 66 valence electrons. The fourth-order valence-electron chi connectivity index (χ4n) is 0.567. The summed E-state index contributed by atoms with van der Waals surface area (Å²) in [6.07, 6.45) is 1.42. The van der Waals surface area contributed by atoms with Crippen LogP contribution in [0.4, 0.5) is 0 Å². The van der Waals surface area contributed by atoms with Gasteiger partial charge in [-0.1, -0.05) is 0 Å². The van der Waals surface area contributed by atoms with Gasteiger partial charge in [0.1, 0.15) is 12.7 Å². The minimum absolute atomic E-state index is 0.147. The van der Waals surface area contributed by atoms with Crippen molar-refractivity contribution in [3.05, 3.63) is 0 Å². The van der Waals surface area contributed by atoms with Gasteiger partial charge in [-0.2, -0.15) is 0 Å². The molecule has 1 heterocycles. The van der Waals surface area contributed by atoms with Gasteiger partial charge in [-0.05, 0) is 19.5 Å². The van der Waals surface area contributed by atoms with E-state index in [4.69, 9.17) is 14.5 Å². The zero-order chi connectivity index (χ0) is 8.10. The van der Waals surface area contributed by atoms with Gasteiger partial charge in [0.05, 0.1) is 13.2 Å². The Morgan fingerprint density at radius 1 is 1.45 bits per heavy atom. The second-order valence-electron chi connectivity index (χ2n) is 2.87. The molecule has 0 amide bonds. The highest BCUT2D eigenvalue weighted by Crippen LogP contribution is 2.22. The first-order chi connectivity index (χ1) is 5.29. The lowest BCUT2D eigenvalue weighted by atomic mass is 10.5. The summed E-state index contributed by atoms with van der Waals surface area (Å²) >= 11 is 0. The Kier molecular flexibility index (Phi) is 4.31. The highest BCUT2D eigenvalue weighted by atomic mass is 31.1. The lowest BCUT2D eigenvalue weighted by Crippen LogP contribution is -2.05. The molecule has 0 radical (unpaired) electrons. The lowest BCUT2D eigenvalue weighted by Gasteiger charge is -2.04. The van der Waals surface area contributed by atoms with Crippen molar-refractivity contribution in [2.45, 2.75) is 6.10 Å². The van der Waals surface area contributed by atoms with Crippen molar-refractivity contribution in [3.8, 4) is 0 Å². The molecule has 1 rings (SSSR count). The van der Waals surface area contributed by atoms with Crippen molar-refractivity contribution >= 4 is 7.92 Å². The molecule has 0 bridgehead atoms. The second kappa shape index (κ2) is 5.04. The number of rotatable bonds is 6. The molecule has 1 aliphatic heterocycles. The van der Waals surface area contributed by atoms with Crippen molar-refractivity contribution in [1.29, 1.82) is 0 Å². The van der Waals surface area contributed by atoms with Crippen LogP contribution in [0.3, 0.4) is 0 Å². The fourth-order valence-corrected chi connectivity index (χ4v) is 1.01. The van der Waals surface area contributed by atoms with E-state index >= 15 is 0 Å². The van der Waals surface area contributed by atoms with E-state index in [0.717, 1.165) is 12.8 Å². The predicted molar refractivity (Wildman–Crippen MR) is 45.3 cm³/mol. The number of hydrogen-bond acceptors (Lipinski definition) is 3. The standard InChI is InChI=1S/C7H15O3P/c1-11(2)4-3-9-10-6-7-5-8-7/h7H,3-6H2,1-2H3. The van der Waals surface area contributed by atoms with Gasteiger partial charge in [0, 0.05) is 0 Å². The summed E-state index contributed by atoms with van der Waals surface area (Å²) in [6.45, 7) is 6.58. The summed E-state index contributed by atoms with van der Waals surface area (Å²) < 4.78 is 4.94. The minimum atomic E-state index is 0.147. The molecular weight excluding hydrogens is 163 g/mol. The summed E-state index contributed by atoms with van der Waals surface area (Å²) in [5.74, 6) is 0. The summed E-state index contributed by atoms with van der Waals surface area (Å²) in [5, 5.41) is 0. The molecule has 4 heteroatoms. The minimum Gasteiger partial charge on any atom is -0.370 e. The quantitative estimate of drug-likeness (QED) is 0.200. The van der Waals surface area contributed by atoms with Gasteiger partial charge in [0.25, 0.3) is 0 Å². The molecule has 1 aliphatic rings. The van der Waals surface area contributed by atoms with E-state index in [1.807, 2.05) is 0 Å². The fraction of sp³-hybridized carbons (Fsp3) is 1.00. The summed E-state index contributed by atoms with van der Waals surface area (Å²) in [6, 6.07) is 0. The smallest absolute Gasteiger partial charge is 0.111 e. The van der Waals surface area contributed by atoms with E-state index in [1.54, 1.807) is 0 Å². The molecule has 0 N–H and O–H groups in total. The lowest BCUT2D eigenvalue weighted by molar-refractivity contribution is -0.292. The van der Waals surface area contributed by atoms with Gasteiger partial charge < -0.3 is 4.74 Å². The number of epoxide rings is 1. The molecule has 0 aromatic rings. The first-order valence-corrected chi connectivity index (χ1v) is 6.22. The van der Waals surface area contributed by atoms with Crippen LogP contribution in [0.2, 0.25) is 0 Å². The van der Waals surface area contributed by atoms with Crippen molar-refractivity contribution in [3.63, 3.8) is 0 Å². The van der Waals surface area contributed by atoms with Gasteiger partial charge in [-0.25, -0.2) is 9.78 Å². The molecule has 1 unspecified atom stereocenters. The first kappa shape index (κ1) is 9.40. The van der Waals surface area contributed by atoms with E-state index in [9.17, 15) is 0 Å². The van der Waals surface area contributed by atoms with Crippen molar-refractivity contribution < 1.29 is 14.5 Å². The van der Waals surface area contributed by atoms with Crippen LogP contribution in [0.15, 0.2) is 0 Å². The summed E-state index contributed by atoms with van der Waals surface area (Å²) in [7, 11) is 0.147.